The molecule has 9 heteroatoms. The summed E-state index contributed by atoms with van der Waals surface area (Å²) in [5.41, 5.74) is 2.08. The molecule has 8 nitrogen and oxygen atoms in total. The number of halogens is 1. The second-order valence-corrected chi connectivity index (χ2v) is 11.7. The number of benzene rings is 1. The molecular formula is C30H39FN6O2. The summed E-state index contributed by atoms with van der Waals surface area (Å²) in [5, 5.41) is 2.78. The molecule has 0 aliphatic carbocycles. The Bertz CT molecular complexity index is 1260. The molecule has 39 heavy (non-hydrogen) atoms. The van der Waals surface area contributed by atoms with Crippen LogP contribution in [0.3, 0.4) is 0 Å². The average molecular weight is 535 g/mol. The van der Waals surface area contributed by atoms with Crippen molar-refractivity contribution in [2.24, 2.45) is 11.3 Å². The first-order valence-electron chi connectivity index (χ1n) is 14.0. The number of rotatable bonds is 8. The van der Waals surface area contributed by atoms with Gasteiger partial charge in [-0.1, -0.05) is 32.6 Å². The third kappa shape index (κ3) is 5.36. The Kier molecular flexibility index (Phi) is 7.60. The molecule has 2 aromatic rings. The van der Waals surface area contributed by atoms with E-state index in [4.69, 9.17) is 9.97 Å². The number of carbonyl (C=O) groups is 2. The van der Waals surface area contributed by atoms with E-state index in [0.29, 0.717) is 42.6 Å². The fourth-order valence-corrected chi connectivity index (χ4v) is 6.43. The van der Waals surface area contributed by atoms with Crippen LogP contribution in [0.5, 0.6) is 0 Å². The van der Waals surface area contributed by atoms with Crippen molar-refractivity contribution in [3.05, 3.63) is 48.3 Å². The monoisotopic (exact) mass is 534 g/mol. The van der Waals surface area contributed by atoms with Crippen LogP contribution in [0.25, 0.3) is 11.3 Å². The summed E-state index contributed by atoms with van der Waals surface area (Å²) in [6.45, 7) is 11.7. The number of nitrogens with one attached hydrogen (secondary N) is 1. The molecule has 1 spiro atoms. The molecule has 3 aliphatic rings. The zero-order valence-corrected chi connectivity index (χ0v) is 23.3. The number of fused-ring (bicyclic) bond motifs is 1. The van der Waals surface area contributed by atoms with E-state index in [1.165, 1.54) is 12.1 Å². The van der Waals surface area contributed by atoms with Crippen molar-refractivity contribution in [3.63, 3.8) is 0 Å². The Morgan fingerprint density at radius 1 is 1.18 bits per heavy atom. The van der Waals surface area contributed by atoms with Gasteiger partial charge in [-0.15, -0.1) is 0 Å². The average Bonchev–Trinajstić information content (AvgIpc) is 3.36. The minimum absolute atomic E-state index is 0.00136. The normalized spacial score (nSPS) is 18.6. The lowest BCUT2D eigenvalue weighted by Gasteiger charge is -2.47. The molecular weight excluding hydrogens is 495 g/mol. The van der Waals surface area contributed by atoms with Gasteiger partial charge in [-0.25, -0.2) is 9.37 Å². The van der Waals surface area contributed by atoms with Crippen molar-refractivity contribution < 1.29 is 14.0 Å². The molecule has 5 rings (SSSR count). The molecule has 0 bridgehead atoms. The van der Waals surface area contributed by atoms with Crippen molar-refractivity contribution in [2.45, 2.75) is 52.0 Å². The zero-order valence-electron chi connectivity index (χ0n) is 23.3. The zero-order chi connectivity index (χ0) is 27.7. The van der Waals surface area contributed by atoms with Crippen molar-refractivity contribution in [1.82, 2.24) is 20.2 Å². The molecule has 0 saturated carbocycles. The standard InChI is InChI=1S/C30H39FN6O2/c1-5-26(39)36-18-30(19-36)12-14-35(17-30)29-33-27(22-9-6-7-11-24(22)31)23-10-8-13-37(28(23)34-29)21(15-20(2)3)16-25(38)32-4/h5-7,9,11,20-21H,1,8,10,12-19H2,2-4H3,(H,32,38)/t21-/m0/s1. The highest BCUT2D eigenvalue weighted by molar-refractivity contribution is 5.87. The molecule has 1 aromatic heterocycles. The number of anilines is 2. The van der Waals surface area contributed by atoms with Gasteiger partial charge in [0.15, 0.2) is 0 Å². The third-order valence-electron chi connectivity index (χ3n) is 8.34. The van der Waals surface area contributed by atoms with E-state index < -0.39 is 0 Å². The van der Waals surface area contributed by atoms with E-state index in [0.717, 1.165) is 56.7 Å². The van der Waals surface area contributed by atoms with Gasteiger partial charge in [0.1, 0.15) is 11.6 Å². The van der Waals surface area contributed by atoms with E-state index in [1.54, 1.807) is 19.2 Å². The number of nitrogens with zero attached hydrogens (tertiary/aromatic N) is 5. The van der Waals surface area contributed by atoms with Crippen LogP contribution < -0.4 is 15.1 Å². The third-order valence-corrected chi connectivity index (χ3v) is 8.34. The second-order valence-electron chi connectivity index (χ2n) is 11.7. The van der Waals surface area contributed by atoms with Crippen molar-refractivity contribution in [2.75, 3.05) is 49.6 Å². The Labute approximate surface area is 230 Å². The van der Waals surface area contributed by atoms with Crippen LogP contribution in [0.1, 0.15) is 45.1 Å². The quantitative estimate of drug-likeness (QED) is 0.519. The Morgan fingerprint density at radius 2 is 1.95 bits per heavy atom. The maximum Gasteiger partial charge on any atom is 0.245 e. The summed E-state index contributed by atoms with van der Waals surface area (Å²) in [6, 6.07) is 6.77. The lowest BCUT2D eigenvalue weighted by atomic mass is 9.79. The smallest absolute Gasteiger partial charge is 0.245 e. The number of carbonyl (C=O) groups excluding carboxylic acids is 2. The number of aromatic nitrogens is 2. The molecule has 2 amide bonds. The molecule has 1 N–H and O–H groups in total. The van der Waals surface area contributed by atoms with Crippen LogP contribution in [0.2, 0.25) is 0 Å². The lowest BCUT2D eigenvalue weighted by Crippen LogP contribution is -2.59. The predicted molar refractivity (Wildman–Crippen MR) is 151 cm³/mol. The van der Waals surface area contributed by atoms with E-state index in [-0.39, 0.29) is 29.1 Å². The Hall–Kier alpha value is -3.49. The van der Waals surface area contributed by atoms with Crippen LogP contribution in [-0.2, 0) is 16.0 Å². The van der Waals surface area contributed by atoms with Gasteiger partial charge in [0.2, 0.25) is 17.8 Å². The van der Waals surface area contributed by atoms with E-state index in [2.05, 4.69) is 35.5 Å². The Balaban J connectivity index is 1.54. The van der Waals surface area contributed by atoms with Gasteiger partial charge in [-0.3, -0.25) is 9.59 Å². The van der Waals surface area contributed by atoms with Crippen molar-refractivity contribution in [1.29, 1.82) is 0 Å². The van der Waals surface area contributed by atoms with Crippen LogP contribution in [0.15, 0.2) is 36.9 Å². The summed E-state index contributed by atoms with van der Waals surface area (Å²) in [6.07, 6.45) is 5.18. The fraction of sp³-hybridized carbons (Fsp3) is 0.533. The van der Waals surface area contributed by atoms with Gasteiger partial charge in [0.25, 0.3) is 0 Å². The first-order valence-corrected chi connectivity index (χ1v) is 14.0. The fourth-order valence-electron chi connectivity index (χ4n) is 6.43. The van der Waals surface area contributed by atoms with Gasteiger partial charge >= 0.3 is 0 Å². The molecule has 1 atom stereocenters. The Morgan fingerprint density at radius 3 is 2.64 bits per heavy atom. The van der Waals surface area contributed by atoms with Crippen LogP contribution in [0, 0.1) is 17.2 Å². The highest BCUT2D eigenvalue weighted by Crippen LogP contribution is 2.43. The van der Waals surface area contributed by atoms with Gasteiger partial charge in [-0.2, -0.15) is 4.98 Å². The minimum atomic E-state index is -0.305. The van der Waals surface area contributed by atoms with Gasteiger partial charge in [0, 0.05) is 68.8 Å². The van der Waals surface area contributed by atoms with Crippen molar-refractivity contribution in [3.8, 4) is 11.3 Å². The lowest BCUT2D eigenvalue weighted by molar-refractivity contribution is -0.136. The first-order chi connectivity index (χ1) is 18.7. The highest BCUT2D eigenvalue weighted by atomic mass is 19.1. The van der Waals surface area contributed by atoms with Crippen LogP contribution in [-0.4, -0.2) is 72.5 Å². The summed E-state index contributed by atoms with van der Waals surface area (Å²) in [5.74, 6) is 1.47. The first kappa shape index (κ1) is 27.1. The van der Waals surface area contributed by atoms with Crippen LogP contribution >= 0.6 is 0 Å². The largest absolute Gasteiger partial charge is 0.359 e. The summed E-state index contributed by atoms with van der Waals surface area (Å²) in [4.78, 5) is 41.0. The molecule has 0 radical (unpaired) electrons. The maximum absolute atomic E-state index is 15.2. The molecule has 1 aromatic carbocycles. The SMILES string of the molecule is C=CC(=O)N1CC2(CCN(c3nc(-c4ccccc4F)c4c(n3)N([C@H](CC(=O)NC)CC(C)C)CCC4)C2)C1. The second kappa shape index (κ2) is 10.9. The van der Waals surface area contributed by atoms with E-state index in [9.17, 15) is 9.59 Å². The van der Waals surface area contributed by atoms with E-state index in [1.807, 2.05) is 11.0 Å². The molecule has 2 saturated heterocycles. The van der Waals surface area contributed by atoms with Gasteiger partial charge in [0.05, 0.1) is 5.69 Å². The molecule has 4 heterocycles. The maximum atomic E-state index is 15.2. The van der Waals surface area contributed by atoms with Gasteiger partial charge in [-0.05, 0) is 49.8 Å². The van der Waals surface area contributed by atoms with Crippen LogP contribution in [0.4, 0.5) is 16.2 Å². The van der Waals surface area contributed by atoms with Crippen molar-refractivity contribution >= 4 is 23.6 Å². The predicted octanol–water partition coefficient (Wildman–Crippen LogP) is 3.81. The molecule has 0 unspecified atom stereocenters. The molecule has 208 valence electrons. The summed E-state index contributed by atoms with van der Waals surface area (Å²) >= 11 is 0. The highest BCUT2D eigenvalue weighted by Gasteiger charge is 2.49. The number of amides is 2. The molecule has 3 aliphatic heterocycles. The number of likely N-dealkylation sites (tertiary alicyclic amines) is 1. The molecule has 2 fully saturated rings. The minimum Gasteiger partial charge on any atom is -0.359 e. The van der Waals surface area contributed by atoms with E-state index >= 15 is 4.39 Å². The number of hydrogen-bond donors (Lipinski definition) is 1. The summed E-state index contributed by atoms with van der Waals surface area (Å²) < 4.78 is 15.2. The van der Waals surface area contributed by atoms with Gasteiger partial charge < -0.3 is 20.0 Å². The number of hydrogen-bond acceptors (Lipinski definition) is 6. The summed E-state index contributed by atoms with van der Waals surface area (Å²) in [7, 11) is 1.67. The topological polar surface area (TPSA) is 81.7 Å².